The number of rotatable bonds is 3. The van der Waals surface area contributed by atoms with Gasteiger partial charge >= 0.3 is 0 Å². The first-order valence-corrected chi connectivity index (χ1v) is 9.53. The zero-order valence-corrected chi connectivity index (χ0v) is 15.4. The molecule has 26 heavy (non-hydrogen) atoms. The normalized spacial score (nSPS) is 17.9. The summed E-state index contributed by atoms with van der Waals surface area (Å²) in [7, 11) is 0. The van der Waals surface area contributed by atoms with E-state index in [0.717, 1.165) is 51.4 Å². The second-order valence-electron chi connectivity index (χ2n) is 7.10. The second kappa shape index (κ2) is 7.46. The van der Waals surface area contributed by atoms with Crippen LogP contribution in [0.3, 0.4) is 0 Å². The van der Waals surface area contributed by atoms with E-state index >= 15 is 0 Å². The molecule has 0 radical (unpaired) electrons. The second-order valence-corrected chi connectivity index (χ2v) is 7.10. The van der Waals surface area contributed by atoms with E-state index in [4.69, 9.17) is 0 Å². The van der Waals surface area contributed by atoms with Gasteiger partial charge in [-0.25, -0.2) is 0 Å². The number of hydrogen-bond donors (Lipinski definition) is 0. The average molecular weight is 350 g/mol. The molecule has 136 valence electrons. The molecule has 0 spiro atoms. The molecular weight excluding hydrogens is 324 g/mol. The Kier molecular flexibility index (Phi) is 4.89. The summed E-state index contributed by atoms with van der Waals surface area (Å²) in [5.41, 5.74) is 4.37. The third-order valence-corrected chi connectivity index (χ3v) is 5.57. The van der Waals surface area contributed by atoms with Gasteiger partial charge in [0.1, 0.15) is 0 Å². The molecule has 2 aromatic rings. The molecule has 1 aromatic heterocycles. The molecule has 1 aromatic carbocycles. The van der Waals surface area contributed by atoms with Gasteiger partial charge in [-0.15, -0.1) is 0 Å². The monoisotopic (exact) mass is 350 g/mol. The van der Waals surface area contributed by atoms with Crippen molar-refractivity contribution in [3.05, 3.63) is 59.4 Å². The number of hydrogen-bond acceptors (Lipinski definition) is 4. The van der Waals surface area contributed by atoms with E-state index in [1.807, 2.05) is 23.2 Å². The van der Waals surface area contributed by atoms with Gasteiger partial charge in [-0.05, 0) is 30.2 Å². The molecule has 1 fully saturated rings. The number of nitrogens with zero attached hydrogens (tertiary/aromatic N) is 4. The number of likely N-dealkylation sites (N-methyl/N-ethyl adjacent to an activating group) is 1. The van der Waals surface area contributed by atoms with Gasteiger partial charge in [-0.3, -0.25) is 9.78 Å². The number of carbonyl (C=O) groups is 1. The van der Waals surface area contributed by atoms with Crippen LogP contribution in [0.15, 0.2) is 42.7 Å². The van der Waals surface area contributed by atoms with E-state index in [1.165, 1.54) is 11.1 Å². The Labute approximate surface area is 155 Å². The van der Waals surface area contributed by atoms with E-state index < -0.39 is 0 Å². The quantitative estimate of drug-likeness (QED) is 0.852. The molecular formula is C21H26N4O. The molecule has 5 heteroatoms. The van der Waals surface area contributed by atoms with Crippen LogP contribution in [0.2, 0.25) is 0 Å². The number of fused-ring (bicyclic) bond motifs is 1. The van der Waals surface area contributed by atoms with Gasteiger partial charge < -0.3 is 14.7 Å². The van der Waals surface area contributed by atoms with Crippen molar-refractivity contribution >= 4 is 11.6 Å². The fourth-order valence-electron chi connectivity index (χ4n) is 3.89. The molecule has 5 nitrogen and oxygen atoms in total. The largest absolute Gasteiger partial charge is 0.368 e. The van der Waals surface area contributed by atoms with Crippen molar-refractivity contribution in [1.82, 2.24) is 14.8 Å². The number of aromatic nitrogens is 1. The van der Waals surface area contributed by atoms with Crippen molar-refractivity contribution in [2.24, 2.45) is 0 Å². The maximum atomic E-state index is 13.0. The van der Waals surface area contributed by atoms with Gasteiger partial charge in [-0.1, -0.05) is 31.2 Å². The van der Waals surface area contributed by atoms with Crippen molar-refractivity contribution in [2.45, 2.75) is 19.9 Å². The molecule has 0 N–H and O–H groups in total. The third-order valence-electron chi connectivity index (χ3n) is 5.57. The summed E-state index contributed by atoms with van der Waals surface area (Å²) in [6.45, 7) is 8.88. The smallest absolute Gasteiger partial charge is 0.255 e. The van der Waals surface area contributed by atoms with Crippen LogP contribution in [0, 0.1) is 0 Å². The van der Waals surface area contributed by atoms with Gasteiger partial charge in [0, 0.05) is 45.5 Å². The van der Waals surface area contributed by atoms with E-state index in [0.29, 0.717) is 12.1 Å². The fraction of sp³-hybridized carbons (Fsp3) is 0.429. The van der Waals surface area contributed by atoms with Gasteiger partial charge in [0.05, 0.1) is 17.4 Å². The molecule has 1 saturated heterocycles. The summed E-state index contributed by atoms with van der Waals surface area (Å²) in [6, 6.07) is 10.4. The summed E-state index contributed by atoms with van der Waals surface area (Å²) >= 11 is 0. The summed E-state index contributed by atoms with van der Waals surface area (Å²) < 4.78 is 0. The molecule has 0 saturated carbocycles. The summed E-state index contributed by atoms with van der Waals surface area (Å²) in [5, 5.41) is 0. The fourth-order valence-corrected chi connectivity index (χ4v) is 3.89. The minimum Gasteiger partial charge on any atom is -0.368 e. The number of piperazine rings is 1. The van der Waals surface area contributed by atoms with Gasteiger partial charge in [-0.2, -0.15) is 0 Å². The highest BCUT2D eigenvalue weighted by Crippen LogP contribution is 2.22. The van der Waals surface area contributed by atoms with Gasteiger partial charge in [0.2, 0.25) is 0 Å². The van der Waals surface area contributed by atoms with Crippen molar-refractivity contribution in [3.63, 3.8) is 0 Å². The van der Waals surface area contributed by atoms with Crippen LogP contribution in [0.25, 0.3) is 0 Å². The van der Waals surface area contributed by atoms with E-state index in [-0.39, 0.29) is 5.91 Å². The maximum Gasteiger partial charge on any atom is 0.255 e. The Hall–Kier alpha value is -2.40. The van der Waals surface area contributed by atoms with Crippen molar-refractivity contribution in [1.29, 1.82) is 0 Å². The van der Waals surface area contributed by atoms with Crippen LogP contribution in [0.5, 0.6) is 0 Å². The number of amides is 1. The molecule has 0 unspecified atom stereocenters. The number of benzene rings is 1. The molecule has 2 aliphatic heterocycles. The first-order chi connectivity index (χ1) is 12.7. The lowest BCUT2D eigenvalue weighted by molar-refractivity contribution is 0.0734. The first-order valence-electron chi connectivity index (χ1n) is 9.53. The molecule has 0 bridgehead atoms. The Balaban J connectivity index is 1.47. The number of anilines is 1. The highest BCUT2D eigenvalue weighted by atomic mass is 16.2. The highest BCUT2D eigenvalue weighted by Gasteiger charge is 2.23. The number of carbonyl (C=O) groups excluding carboxylic acids is 1. The molecule has 0 atom stereocenters. The third kappa shape index (κ3) is 3.44. The van der Waals surface area contributed by atoms with E-state index in [9.17, 15) is 4.79 Å². The van der Waals surface area contributed by atoms with Crippen LogP contribution in [-0.2, 0) is 13.0 Å². The molecule has 3 heterocycles. The zero-order chi connectivity index (χ0) is 17.9. The molecule has 4 rings (SSSR count). The topological polar surface area (TPSA) is 39.7 Å². The molecule has 2 aliphatic rings. The Morgan fingerprint density at radius 2 is 1.81 bits per heavy atom. The maximum absolute atomic E-state index is 13.0. The summed E-state index contributed by atoms with van der Waals surface area (Å²) in [6.07, 6.45) is 4.51. The van der Waals surface area contributed by atoms with E-state index in [2.05, 4.69) is 39.9 Å². The predicted molar refractivity (Wildman–Crippen MR) is 103 cm³/mol. The standard InChI is InChI=1S/C21H26N4O/c1-2-23-9-11-24(12-10-23)20-13-19(14-22-15-20)21(26)25-8-7-17-5-3-4-6-18(17)16-25/h3-6,13-15H,2,7-12,16H2,1H3. The molecule has 1 amide bonds. The minimum atomic E-state index is 0.0843. The highest BCUT2D eigenvalue weighted by molar-refractivity contribution is 5.95. The predicted octanol–water partition coefficient (Wildman–Crippen LogP) is 2.42. The lowest BCUT2D eigenvalue weighted by Gasteiger charge is -2.35. The van der Waals surface area contributed by atoms with E-state index in [1.54, 1.807) is 6.20 Å². The number of pyridine rings is 1. The molecule has 0 aliphatic carbocycles. The Morgan fingerprint density at radius 1 is 1.04 bits per heavy atom. The summed E-state index contributed by atoms with van der Waals surface area (Å²) in [4.78, 5) is 24.1. The van der Waals surface area contributed by atoms with Crippen LogP contribution >= 0.6 is 0 Å². The Bertz CT molecular complexity index is 783. The minimum absolute atomic E-state index is 0.0843. The zero-order valence-electron chi connectivity index (χ0n) is 15.4. The lowest BCUT2D eigenvalue weighted by Crippen LogP contribution is -2.46. The van der Waals surface area contributed by atoms with Crippen molar-refractivity contribution < 1.29 is 4.79 Å². The Morgan fingerprint density at radius 3 is 2.58 bits per heavy atom. The first kappa shape index (κ1) is 17.0. The SMILES string of the molecule is CCN1CCN(c2cncc(C(=O)N3CCc4ccccc4C3)c2)CC1. The van der Waals surface area contributed by atoms with Crippen LogP contribution in [0.1, 0.15) is 28.4 Å². The van der Waals surface area contributed by atoms with Crippen LogP contribution in [-0.4, -0.2) is 60.0 Å². The van der Waals surface area contributed by atoms with Gasteiger partial charge in [0.25, 0.3) is 5.91 Å². The van der Waals surface area contributed by atoms with Crippen LogP contribution < -0.4 is 4.90 Å². The van der Waals surface area contributed by atoms with Crippen LogP contribution in [0.4, 0.5) is 5.69 Å². The van der Waals surface area contributed by atoms with Gasteiger partial charge in [0.15, 0.2) is 0 Å². The van der Waals surface area contributed by atoms with Crippen molar-refractivity contribution in [3.8, 4) is 0 Å². The lowest BCUT2D eigenvalue weighted by atomic mass is 9.99. The summed E-state index contributed by atoms with van der Waals surface area (Å²) in [5.74, 6) is 0.0843. The average Bonchev–Trinajstić information content (AvgIpc) is 2.73. The van der Waals surface area contributed by atoms with Crippen molar-refractivity contribution in [2.75, 3.05) is 44.2 Å².